The maximum Gasteiger partial charge on any atom is 0.260 e. The van der Waals surface area contributed by atoms with Gasteiger partial charge in [-0.05, 0) is 55.3 Å². The number of hydrogen-bond acceptors (Lipinski definition) is 3. The Balaban J connectivity index is 1.42. The molecule has 3 rings (SSSR count). The van der Waals surface area contributed by atoms with Crippen molar-refractivity contribution < 1.29 is 13.9 Å². The third kappa shape index (κ3) is 5.41. The second-order valence-electron chi connectivity index (χ2n) is 6.31. The summed E-state index contributed by atoms with van der Waals surface area (Å²) in [6, 6.07) is 17.5. The second-order valence-corrected chi connectivity index (χ2v) is 6.31. The fourth-order valence-electron chi connectivity index (χ4n) is 2.66. The minimum atomic E-state index is -0.265. The highest BCUT2D eigenvalue weighted by Gasteiger charge is 2.10. The average molecular weight is 367 g/mol. The van der Waals surface area contributed by atoms with Crippen molar-refractivity contribution >= 4 is 5.91 Å². The number of halogens is 1. The molecule has 6 heteroatoms. The van der Waals surface area contributed by atoms with Gasteiger partial charge in [-0.2, -0.15) is 5.10 Å². The third-order valence-electron chi connectivity index (χ3n) is 4.24. The van der Waals surface area contributed by atoms with Crippen molar-refractivity contribution in [1.29, 1.82) is 0 Å². The first-order valence-corrected chi connectivity index (χ1v) is 8.84. The van der Waals surface area contributed by atoms with E-state index in [1.54, 1.807) is 24.1 Å². The molecule has 0 spiro atoms. The highest BCUT2D eigenvalue weighted by molar-refractivity contribution is 5.77. The van der Waals surface area contributed by atoms with Crippen LogP contribution in [0.2, 0.25) is 0 Å². The number of H-pyrrole nitrogens is 1. The maximum atomic E-state index is 13.0. The molecule has 0 fully saturated rings. The summed E-state index contributed by atoms with van der Waals surface area (Å²) >= 11 is 0. The van der Waals surface area contributed by atoms with E-state index in [4.69, 9.17) is 4.74 Å². The van der Waals surface area contributed by atoms with Crippen molar-refractivity contribution in [3.8, 4) is 17.0 Å². The van der Waals surface area contributed by atoms with Crippen molar-refractivity contribution in [2.75, 3.05) is 20.2 Å². The minimum Gasteiger partial charge on any atom is -0.484 e. The molecule has 0 aliphatic carbocycles. The van der Waals surface area contributed by atoms with Gasteiger partial charge in [0.05, 0.1) is 5.69 Å². The van der Waals surface area contributed by atoms with Gasteiger partial charge in [-0.25, -0.2) is 4.39 Å². The molecule has 140 valence electrons. The van der Waals surface area contributed by atoms with E-state index in [9.17, 15) is 9.18 Å². The zero-order valence-corrected chi connectivity index (χ0v) is 15.2. The molecule has 0 atom stereocenters. The monoisotopic (exact) mass is 367 g/mol. The molecule has 0 saturated heterocycles. The topological polar surface area (TPSA) is 58.2 Å². The molecule has 1 heterocycles. The standard InChI is InChI=1S/C21H22FN3O2/c1-25(21(26)15-27-19-7-3-2-4-8-19)13-5-6-18-14-20(24-23-18)16-9-11-17(22)12-10-16/h2-4,7-12,14H,5-6,13,15H2,1H3,(H,23,24). The van der Waals surface area contributed by atoms with Gasteiger partial charge in [-0.1, -0.05) is 18.2 Å². The molecule has 0 unspecified atom stereocenters. The molecular formula is C21H22FN3O2. The summed E-state index contributed by atoms with van der Waals surface area (Å²) in [5, 5.41) is 7.26. The summed E-state index contributed by atoms with van der Waals surface area (Å²) in [5.41, 5.74) is 2.63. The van der Waals surface area contributed by atoms with E-state index < -0.39 is 0 Å². The largest absolute Gasteiger partial charge is 0.484 e. The lowest BCUT2D eigenvalue weighted by molar-refractivity contribution is -0.132. The fraction of sp³-hybridized carbons (Fsp3) is 0.238. The van der Waals surface area contributed by atoms with Gasteiger partial charge in [0.1, 0.15) is 11.6 Å². The van der Waals surface area contributed by atoms with Crippen LogP contribution >= 0.6 is 0 Å². The number of nitrogens with one attached hydrogen (secondary N) is 1. The van der Waals surface area contributed by atoms with Crippen molar-refractivity contribution in [2.45, 2.75) is 12.8 Å². The number of amides is 1. The normalized spacial score (nSPS) is 10.6. The second kappa shape index (κ2) is 8.98. The smallest absolute Gasteiger partial charge is 0.260 e. The fourth-order valence-corrected chi connectivity index (χ4v) is 2.66. The molecule has 0 saturated carbocycles. The molecule has 0 aliphatic heterocycles. The van der Waals surface area contributed by atoms with E-state index in [0.29, 0.717) is 12.3 Å². The minimum absolute atomic E-state index is 0.0271. The number of rotatable bonds is 8. The van der Waals surface area contributed by atoms with Gasteiger partial charge in [0.2, 0.25) is 0 Å². The molecule has 1 N–H and O–H groups in total. The van der Waals surface area contributed by atoms with Gasteiger partial charge in [0.25, 0.3) is 5.91 Å². The molecule has 27 heavy (non-hydrogen) atoms. The van der Waals surface area contributed by atoms with Crippen molar-refractivity contribution in [1.82, 2.24) is 15.1 Å². The highest BCUT2D eigenvalue weighted by Crippen LogP contribution is 2.18. The van der Waals surface area contributed by atoms with Crippen LogP contribution in [0.15, 0.2) is 60.7 Å². The van der Waals surface area contributed by atoms with Gasteiger partial charge < -0.3 is 9.64 Å². The number of aromatic amines is 1. The van der Waals surface area contributed by atoms with E-state index in [-0.39, 0.29) is 18.3 Å². The SMILES string of the molecule is CN(CCCc1cc(-c2ccc(F)cc2)n[nH]1)C(=O)COc1ccccc1. The molecule has 3 aromatic rings. The van der Waals surface area contributed by atoms with E-state index in [2.05, 4.69) is 10.2 Å². The molecule has 1 aromatic heterocycles. The molecule has 0 bridgehead atoms. The summed E-state index contributed by atoms with van der Waals surface area (Å²) in [6.45, 7) is 0.654. The Hall–Kier alpha value is -3.15. The Bertz CT molecular complexity index is 863. The first kappa shape index (κ1) is 18.6. The summed E-state index contributed by atoms with van der Waals surface area (Å²) in [5.74, 6) is 0.360. The van der Waals surface area contributed by atoms with Crippen molar-refractivity contribution in [3.05, 3.63) is 72.2 Å². The lowest BCUT2D eigenvalue weighted by Gasteiger charge is -2.17. The number of para-hydroxylation sites is 1. The molecule has 1 amide bonds. The van der Waals surface area contributed by atoms with Crippen LogP contribution < -0.4 is 4.74 Å². The zero-order valence-electron chi connectivity index (χ0n) is 15.2. The number of nitrogens with zero attached hydrogens (tertiary/aromatic N) is 2. The van der Waals surface area contributed by atoms with Crippen LogP contribution in [0, 0.1) is 5.82 Å². The summed E-state index contributed by atoms with van der Waals surface area (Å²) < 4.78 is 18.5. The Morgan fingerprint density at radius 1 is 1.15 bits per heavy atom. The number of ether oxygens (including phenoxy) is 1. The molecular weight excluding hydrogens is 345 g/mol. The first-order valence-electron chi connectivity index (χ1n) is 8.84. The number of carbonyl (C=O) groups excluding carboxylic acids is 1. The van der Waals surface area contributed by atoms with Gasteiger partial charge in [0.15, 0.2) is 6.61 Å². The van der Waals surface area contributed by atoms with Crippen LogP contribution in [0.25, 0.3) is 11.3 Å². The lowest BCUT2D eigenvalue weighted by Crippen LogP contribution is -2.32. The van der Waals surface area contributed by atoms with Crippen LogP contribution in [-0.4, -0.2) is 41.2 Å². The zero-order chi connectivity index (χ0) is 19.1. The van der Waals surface area contributed by atoms with E-state index >= 15 is 0 Å². The number of benzene rings is 2. The van der Waals surface area contributed by atoms with E-state index in [0.717, 1.165) is 29.8 Å². The van der Waals surface area contributed by atoms with Crippen molar-refractivity contribution in [3.63, 3.8) is 0 Å². The average Bonchev–Trinajstić information content (AvgIpc) is 3.16. The van der Waals surface area contributed by atoms with Gasteiger partial charge in [-0.3, -0.25) is 9.89 Å². The Labute approximate surface area is 157 Å². The van der Waals surface area contributed by atoms with Gasteiger partial charge in [0, 0.05) is 24.8 Å². The maximum absolute atomic E-state index is 13.0. The van der Waals surface area contributed by atoms with E-state index in [1.165, 1.54) is 12.1 Å². The molecule has 0 radical (unpaired) electrons. The van der Waals surface area contributed by atoms with Crippen LogP contribution in [0.5, 0.6) is 5.75 Å². The number of likely N-dealkylation sites (N-methyl/N-ethyl adjacent to an activating group) is 1. The third-order valence-corrected chi connectivity index (χ3v) is 4.24. The highest BCUT2D eigenvalue weighted by atomic mass is 19.1. The predicted molar refractivity (Wildman–Crippen MR) is 102 cm³/mol. The Morgan fingerprint density at radius 2 is 1.89 bits per heavy atom. The van der Waals surface area contributed by atoms with E-state index in [1.807, 2.05) is 36.4 Å². The van der Waals surface area contributed by atoms with Gasteiger partial charge >= 0.3 is 0 Å². The summed E-state index contributed by atoms with van der Waals surface area (Å²) in [4.78, 5) is 13.8. The van der Waals surface area contributed by atoms with Gasteiger partial charge in [-0.15, -0.1) is 0 Å². The summed E-state index contributed by atoms with van der Waals surface area (Å²) in [6.07, 6.45) is 1.57. The number of aromatic nitrogens is 2. The Kier molecular flexibility index (Phi) is 6.20. The summed E-state index contributed by atoms with van der Waals surface area (Å²) in [7, 11) is 1.77. The molecule has 2 aromatic carbocycles. The lowest BCUT2D eigenvalue weighted by atomic mass is 10.1. The van der Waals surface area contributed by atoms with Crippen LogP contribution in [0.4, 0.5) is 4.39 Å². The van der Waals surface area contributed by atoms with Crippen LogP contribution in [0.3, 0.4) is 0 Å². The molecule has 5 nitrogen and oxygen atoms in total. The predicted octanol–water partition coefficient (Wildman–Crippen LogP) is 3.69. The number of hydrogen-bond donors (Lipinski definition) is 1. The van der Waals surface area contributed by atoms with Crippen molar-refractivity contribution in [2.24, 2.45) is 0 Å². The number of aryl methyl sites for hydroxylation is 1. The first-order chi connectivity index (χ1) is 13.1. The Morgan fingerprint density at radius 3 is 2.63 bits per heavy atom. The quantitative estimate of drug-likeness (QED) is 0.661. The van der Waals surface area contributed by atoms with Crippen LogP contribution in [0.1, 0.15) is 12.1 Å². The number of carbonyl (C=O) groups is 1. The molecule has 0 aliphatic rings. The van der Waals surface area contributed by atoms with Crippen LogP contribution in [-0.2, 0) is 11.2 Å².